The van der Waals surface area contributed by atoms with Crippen molar-refractivity contribution in [3.05, 3.63) is 59.9 Å². The Morgan fingerprint density at radius 2 is 2.09 bits per heavy atom. The first-order valence-corrected chi connectivity index (χ1v) is 7.24. The fourth-order valence-electron chi connectivity index (χ4n) is 2.38. The molecule has 118 valence electrons. The third-order valence-corrected chi connectivity index (χ3v) is 3.38. The number of para-hydroxylation sites is 1. The number of nitrogens with one attached hydrogen (secondary N) is 2. The van der Waals surface area contributed by atoms with Crippen LogP contribution < -0.4 is 10.7 Å². The Balaban J connectivity index is 1.97. The maximum Gasteiger partial charge on any atom is 0.426 e. The molecule has 23 heavy (non-hydrogen) atoms. The minimum atomic E-state index is -0.692. The van der Waals surface area contributed by atoms with Crippen LogP contribution in [0.5, 0.6) is 0 Å². The zero-order valence-corrected chi connectivity index (χ0v) is 12.5. The minimum absolute atomic E-state index is 0.214. The molecule has 3 rings (SSSR count). The van der Waals surface area contributed by atoms with Gasteiger partial charge in [-0.1, -0.05) is 18.2 Å². The monoisotopic (exact) mass is 312 g/mol. The van der Waals surface area contributed by atoms with Crippen LogP contribution in [-0.2, 0) is 4.74 Å². The van der Waals surface area contributed by atoms with E-state index < -0.39 is 12.3 Å². The van der Waals surface area contributed by atoms with Crippen molar-refractivity contribution in [3.8, 4) is 0 Å². The van der Waals surface area contributed by atoms with Crippen molar-refractivity contribution >= 4 is 17.7 Å². The molecule has 0 spiro atoms. The van der Waals surface area contributed by atoms with Crippen LogP contribution in [0.2, 0.25) is 0 Å². The van der Waals surface area contributed by atoms with Crippen molar-refractivity contribution in [2.75, 3.05) is 11.9 Å². The van der Waals surface area contributed by atoms with Crippen molar-refractivity contribution in [1.29, 1.82) is 0 Å². The van der Waals surface area contributed by atoms with Gasteiger partial charge in [0.25, 0.3) is 5.91 Å². The predicted octanol–water partition coefficient (Wildman–Crippen LogP) is 2.31. The average molecular weight is 312 g/mol. The molecule has 0 aliphatic carbocycles. The molecule has 0 bridgehead atoms. The highest BCUT2D eigenvalue weighted by Crippen LogP contribution is 2.30. The van der Waals surface area contributed by atoms with E-state index in [1.807, 2.05) is 18.2 Å². The second kappa shape index (κ2) is 6.35. The van der Waals surface area contributed by atoms with Crippen LogP contribution in [0.3, 0.4) is 0 Å². The maximum absolute atomic E-state index is 12.7. The summed E-state index contributed by atoms with van der Waals surface area (Å²) in [6, 6.07) is 12.5. The summed E-state index contributed by atoms with van der Waals surface area (Å²) in [6.07, 6.45) is 0.316. The molecule has 0 saturated heterocycles. The lowest BCUT2D eigenvalue weighted by atomic mass is 10.1. The van der Waals surface area contributed by atoms with Gasteiger partial charge < -0.3 is 10.1 Å². The zero-order valence-electron chi connectivity index (χ0n) is 12.5. The lowest BCUT2D eigenvalue weighted by Gasteiger charge is -2.36. The molecule has 7 nitrogen and oxygen atoms in total. The third-order valence-electron chi connectivity index (χ3n) is 3.38. The first-order chi connectivity index (χ1) is 11.2. The largest absolute Gasteiger partial charge is 0.449 e. The minimum Gasteiger partial charge on any atom is -0.449 e. The number of benzene rings is 1. The molecule has 2 N–H and O–H groups in total. The van der Waals surface area contributed by atoms with E-state index in [-0.39, 0.29) is 12.5 Å². The van der Waals surface area contributed by atoms with Gasteiger partial charge in [0.05, 0.1) is 17.9 Å². The van der Waals surface area contributed by atoms with Crippen LogP contribution in [0.1, 0.15) is 29.1 Å². The Bertz CT molecular complexity index is 720. The van der Waals surface area contributed by atoms with Gasteiger partial charge >= 0.3 is 6.09 Å². The molecular formula is C16H16N4O3. The molecule has 1 aliphatic rings. The van der Waals surface area contributed by atoms with Gasteiger partial charge in [0, 0.05) is 11.9 Å². The molecule has 2 amide bonds. The summed E-state index contributed by atoms with van der Waals surface area (Å²) >= 11 is 0. The summed E-state index contributed by atoms with van der Waals surface area (Å²) in [5.74, 6) is -0.331. The summed E-state index contributed by atoms with van der Waals surface area (Å²) in [5, 5.41) is 4.41. The fourth-order valence-corrected chi connectivity index (χ4v) is 2.38. The zero-order chi connectivity index (χ0) is 16.2. The second-order valence-corrected chi connectivity index (χ2v) is 4.85. The van der Waals surface area contributed by atoms with E-state index in [2.05, 4.69) is 15.7 Å². The highest BCUT2D eigenvalue weighted by molar-refractivity contribution is 6.02. The van der Waals surface area contributed by atoms with E-state index in [0.29, 0.717) is 16.9 Å². The molecule has 2 heterocycles. The third kappa shape index (κ3) is 2.94. The molecule has 7 heteroatoms. The number of carbonyl (C=O) groups excluding carboxylic acids is 2. The maximum atomic E-state index is 12.7. The Labute approximate surface area is 133 Å². The number of hydrogen-bond donors (Lipinski definition) is 2. The molecule has 0 radical (unpaired) electrons. The summed E-state index contributed by atoms with van der Waals surface area (Å²) < 4.78 is 4.87. The van der Waals surface area contributed by atoms with Gasteiger partial charge in [0.2, 0.25) is 0 Å². The number of fused-ring (bicyclic) bond motifs is 1. The van der Waals surface area contributed by atoms with Crippen molar-refractivity contribution in [2.24, 2.45) is 0 Å². The standard InChI is InChI=1S/C16H16N4O3/c1-2-23-16(22)19-20-14(13-9-5-6-10-17-13)18-12-8-4-3-7-11(12)15(20)21/h3-10,14,18H,2H2,1H3,(H,19,22)/t14-/m1/s1. The average Bonchev–Trinajstić information content (AvgIpc) is 2.58. The van der Waals surface area contributed by atoms with Gasteiger partial charge in [-0.25, -0.2) is 15.2 Å². The highest BCUT2D eigenvalue weighted by atomic mass is 16.6. The van der Waals surface area contributed by atoms with Crippen LogP contribution in [0, 0.1) is 0 Å². The lowest BCUT2D eigenvalue weighted by molar-refractivity contribution is 0.0502. The van der Waals surface area contributed by atoms with Gasteiger partial charge in [0.15, 0.2) is 6.17 Å². The molecule has 0 unspecified atom stereocenters. The van der Waals surface area contributed by atoms with E-state index >= 15 is 0 Å². The van der Waals surface area contributed by atoms with Crippen molar-refractivity contribution in [2.45, 2.75) is 13.1 Å². The number of anilines is 1. The number of aromatic nitrogens is 1. The Kier molecular flexibility index (Phi) is 4.09. The van der Waals surface area contributed by atoms with Crippen LogP contribution in [0.15, 0.2) is 48.7 Å². The lowest BCUT2D eigenvalue weighted by Crippen LogP contribution is -2.53. The normalized spacial score (nSPS) is 16.3. The fraction of sp³-hybridized carbons (Fsp3) is 0.188. The van der Waals surface area contributed by atoms with Crippen molar-refractivity contribution < 1.29 is 14.3 Å². The number of hydrogen-bond acceptors (Lipinski definition) is 5. The Hall–Kier alpha value is -3.09. The number of carbonyl (C=O) groups is 2. The van der Waals surface area contributed by atoms with Crippen LogP contribution in [0.25, 0.3) is 0 Å². The van der Waals surface area contributed by atoms with Crippen LogP contribution in [-0.4, -0.2) is 28.6 Å². The van der Waals surface area contributed by atoms with Crippen molar-refractivity contribution in [1.82, 2.24) is 15.4 Å². The van der Waals surface area contributed by atoms with E-state index in [9.17, 15) is 9.59 Å². The molecule has 1 atom stereocenters. The van der Waals surface area contributed by atoms with E-state index in [1.165, 1.54) is 5.01 Å². The summed E-state index contributed by atoms with van der Waals surface area (Å²) in [4.78, 5) is 28.8. The first-order valence-electron chi connectivity index (χ1n) is 7.24. The van der Waals surface area contributed by atoms with Crippen molar-refractivity contribution in [3.63, 3.8) is 0 Å². The quantitative estimate of drug-likeness (QED) is 0.908. The molecule has 1 aromatic heterocycles. The molecule has 1 aliphatic heterocycles. The Morgan fingerprint density at radius 1 is 1.30 bits per heavy atom. The molecule has 0 saturated carbocycles. The smallest absolute Gasteiger partial charge is 0.426 e. The number of nitrogens with zero attached hydrogens (tertiary/aromatic N) is 2. The summed E-state index contributed by atoms with van der Waals surface area (Å²) in [7, 11) is 0. The van der Waals surface area contributed by atoms with Crippen LogP contribution >= 0.6 is 0 Å². The SMILES string of the molecule is CCOC(=O)NN1C(=O)c2ccccc2N[C@H]1c1ccccn1. The highest BCUT2D eigenvalue weighted by Gasteiger charge is 2.35. The van der Waals surface area contributed by atoms with Gasteiger partial charge in [0.1, 0.15) is 0 Å². The molecule has 1 aromatic carbocycles. The molecule has 2 aromatic rings. The summed E-state index contributed by atoms with van der Waals surface area (Å²) in [6.45, 7) is 1.91. The van der Waals surface area contributed by atoms with Gasteiger partial charge in [-0.05, 0) is 31.2 Å². The van der Waals surface area contributed by atoms with E-state index in [0.717, 1.165) is 0 Å². The predicted molar refractivity (Wildman–Crippen MR) is 83.4 cm³/mol. The number of hydrazine groups is 1. The van der Waals surface area contributed by atoms with E-state index in [4.69, 9.17) is 4.74 Å². The van der Waals surface area contributed by atoms with Crippen LogP contribution in [0.4, 0.5) is 10.5 Å². The number of rotatable bonds is 3. The topological polar surface area (TPSA) is 83.6 Å². The number of ether oxygens (including phenoxy) is 1. The number of pyridine rings is 1. The Morgan fingerprint density at radius 3 is 2.83 bits per heavy atom. The van der Waals surface area contributed by atoms with Gasteiger partial charge in [-0.2, -0.15) is 0 Å². The first kappa shape index (κ1) is 14.8. The second-order valence-electron chi connectivity index (χ2n) is 4.85. The summed E-state index contributed by atoms with van der Waals surface area (Å²) in [5.41, 5.74) is 4.24. The van der Waals surface area contributed by atoms with Gasteiger partial charge in [-0.3, -0.25) is 9.78 Å². The van der Waals surface area contributed by atoms with Gasteiger partial charge in [-0.15, -0.1) is 0 Å². The molecule has 0 fully saturated rings. The van der Waals surface area contributed by atoms with E-state index in [1.54, 1.807) is 37.4 Å². The molecular weight excluding hydrogens is 296 g/mol. The number of amides is 2.